The molecule has 2 fully saturated rings. The molecule has 2 aliphatic heterocycles. The highest BCUT2D eigenvalue weighted by atomic mass is 15.3. The zero-order chi connectivity index (χ0) is 21.3. The molecule has 3 aromatic rings. The van der Waals surface area contributed by atoms with Gasteiger partial charge in [-0.05, 0) is 50.1 Å². The molecule has 0 saturated carbocycles. The number of rotatable bonds is 5. The second kappa shape index (κ2) is 8.54. The van der Waals surface area contributed by atoms with E-state index in [1.54, 1.807) is 6.33 Å². The van der Waals surface area contributed by atoms with E-state index in [9.17, 15) is 0 Å². The first kappa shape index (κ1) is 19.7. The SMILES string of the molecule is c1ccc2c(c1)CCCc1c-2nc(NCCc2c[nH]cn2)nc1N1CC2CCCNC2C1. The number of imidazole rings is 1. The largest absolute Gasteiger partial charge is 0.354 e. The summed E-state index contributed by atoms with van der Waals surface area (Å²) in [6.45, 7) is 4.04. The lowest BCUT2D eigenvalue weighted by atomic mass is 9.94. The molecule has 1 aliphatic carbocycles. The predicted molar refractivity (Wildman–Crippen MR) is 127 cm³/mol. The maximum atomic E-state index is 5.11. The van der Waals surface area contributed by atoms with Crippen molar-refractivity contribution in [1.29, 1.82) is 0 Å². The number of nitrogens with one attached hydrogen (secondary N) is 3. The molecule has 32 heavy (non-hydrogen) atoms. The van der Waals surface area contributed by atoms with E-state index in [2.05, 4.69) is 49.8 Å². The highest BCUT2D eigenvalue weighted by molar-refractivity contribution is 5.74. The predicted octanol–water partition coefficient (Wildman–Crippen LogP) is 3.20. The number of aryl methyl sites for hydroxylation is 1. The van der Waals surface area contributed by atoms with Crippen molar-refractivity contribution in [2.24, 2.45) is 5.92 Å². The number of H-pyrrole nitrogens is 1. The van der Waals surface area contributed by atoms with E-state index in [0.29, 0.717) is 6.04 Å². The summed E-state index contributed by atoms with van der Waals surface area (Å²) in [4.78, 5) is 20.1. The molecule has 166 valence electrons. The van der Waals surface area contributed by atoms with E-state index in [1.165, 1.54) is 29.5 Å². The molecule has 2 atom stereocenters. The molecule has 3 N–H and O–H groups in total. The Morgan fingerprint density at radius 1 is 1.09 bits per heavy atom. The Morgan fingerprint density at radius 2 is 2.06 bits per heavy atom. The normalized spacial score (nSPS) is 22.1. The summed E-state index contributed by atoms with van der Waals surface area (Å²) in [5.74, 6) is 2.60. The summed E-state index contributed by atoms with van der Waals surface area (Å²) in [6, 6.07) is 9.35. The fraction of sp³-hybridized carbons (Fsp3) is 0.480. The molecule has 7 nitrogen and oxygen atoms in total. The minimum Gasteiger partial charge on any atom is -0.354 e. The van der Waals surface area contributed by atoms with Gasteiger partial charge in [0.05, 0.1) is 17.7 Å². The quantitative estimate of drug-likeness (QED) is 0.578. The number of nitrogens with zero attached hydrogens (tertiary/aromatic N) is 4. The standard InChI is InChI=1S/C25H31N7/c1-2-8-20-17(5-1)6-3-9-21-23(20)30-25(28-12-10-19-13-26-16-29-19)31-24(21)32-14-18-7-4-11-27-22(18)15-32/h1-2,5,8,13,16,18,22,27H,3-4,6-7,9-12,14-15H2,(H,26,29)(H,28,30,31). The average Bonchev–Trinajstić information content (AvgIpc) is 3.46. The van der Waals surface area contributed by atoms with E-state index in [4.69, 9.17) is 9.97 Å². The lowest BCUT2D eigenvalue weighted by Gasteiger charge is -2.24. The topological polar surface area (TPSA) is 81.8 Å². The van der Waals surface area contributed by atoms with Crippen molar-refractivity contribution in [3.05, 3.63) is 53.6 Å². The van der Waals surface area contributed by atoms with Gasteiger partial charge >= 0.3 is 0 Å². The summed E-state index contributed by atoms with van der Waals surface area (Å²) in [5, 5.41) is 7.24. The summed E-state index contributed by atoms with van der Waals surface area (Å²) in [7, 11) is 0. The van der Waals surface area contributed by atoms with E-state index >= 15 is 0 Å². The molecular weight excluding hydrogens is 398 g/mol. The molecule has 0 bridgehead atoms. The molecule has 0 amide bonds. The van der Waals surface area contributed by atoms with Crippen molar-refractivity contribution < 1.29 is 0 Å². The van der Waals surface area contributed by atoms with Crippen molar-refractivity contribution in [2.75, 3.05) is 36.4 Å². The number of fused-ring (bicyclic) bond motifs is 4. The van der Waals surface area contributed by atoms with Gasteiger partial charge in [0.15, 0.2) is 0 Å². The Morgan fingerprint density at radius 3 is 2.97 bits per heavy atom. The van der Waals surface area contributed by atoms with Crippen molar-refractivity contribution >= 4 is 11.8 Å². The zero-order valence-electron chi connectivity index (χ0n) is 18.5. The lowest BCUT2D eigenvalue weighted by Crippen LogP contribution is -2.40. The van der Waals surface area contributed by atoms with E-state index in [0.717, 1.165) is 80.9 Å². The van der Waals surface area contributed by atoms with Crippen LogP contribution >= 0.6 is 0 Å². The Balaban J connectivity index is 1.36. The minimum atomic E-state index is 0.587. The number of hydrogen-bond acceptors (Lipinski definition) is 6. The van der Waals surface area contributed by atoms with Gasteiger partial charge in [0.1, 0.15) is 5.82 Å². The molecule has 0 radical (unpaired) electrons. The van der Waals surface area contributed by atoms with Gasteiger partial charge < -0.3 is 20.5 Å². The van der Waals surface area contributed by atoms with Crippen LogP contribution in [0.5, 0.6) is 0 Å². The molecular formula is C25H31N7. The summed E-state index contributed by atoms with van der Waals surface area (Å²) in [6.07, 6.45) is 10.4. The van der Waals surface area contributed by atoms with Crippen LogP contribution in [-0.2, 0) is 19.3 Å². The lowest BCUT2D eigenvalue weighted by molar-refractivity contribution is 0.340. The second-order valence-corrected chi connectivity index (χ2v) is 9.31. The number of hydrogen-bond donors (Lipinski definition) is 3. The van der Waals surface area contributed by atoms with Crippen LogP contribution < -0.4 is 15.5 Å². The average molecular weight is 430 g/mol. The van der Waals surface area contributed by atoms with Gasteiger partial charge in [0, 0.05) is 49.4 Å². The smallest absolute Gasteiger partial charge is 0.225 e. The number of aromatic amines is 1. The third kappa shape index (κ3) is 3.75. The van der Waals surface area contributed by atoms with Crippen molar-refractivity contribution in [3.8, 4) is 11.3 Å². The fourth-order valence-electron chi connectivity index (χ4n) is 5.64. The third-order valence-corrected chi connectivity index (χ3v) is 7.25. The van der Waals surface area contributed by atoms with Gasteiger partial charge in [-0.25, -0.2) is 9.97 Å². The Labute approximate surface area is 189 Å². The van der Waals surface area contributed by atoms with Gasteiger partial charge in [-0.3, -0.25) is 0 Å². The van der Waals surface area contributed by atoms with Crippen LogP contribution in [0.15, 0.2) is 36.8 Å². The Hall–Kier alpha value is -2.93. The van der Waals surface area contributed by atoms with Crippen LogP contribution in [-0.4, -0.2) is 52.2 Å². The van der Waals surface area contributed by atoms with Crippen LogP contribution in [0.3, 0.4) is 0 Å². The van der Waals surface area contributed by atoms with E-state index in [-0.39, 0.29) is 0 Å². The van der Waals surface area contributed by atoms with Gasteiger partial charge in [0.2, 0.25) is 5.95 Å². The van der Waals surface area contributed by atoms with Gasteiger partial charge in [-0.1, -0.05) is 24.3 Å². The molecule has 4 heterocycles. The fourth-order valence-corrected chi connectivity index (χ4v) is 5.64. The molecule has 3 aliphatic rings. The first-order valence-electron chi connectivity index (χ1n) is 12.0. The first-order chi connectivity index (χ1) is 15.8. The van der Waals surface area contributed by atoms with E-state index in [1.807, 2.05) is 6.20 Å². The highest BCUT2D eigenvalue weighted by Gasteiger charge is 2.36. The van der Waals surface area contributed by atoms with Crippen LogP contribution in [0.4, 0.5) is 11.8 Å². The van der Waals surface area contributed by atoms with E-state index < -0.39 is 0 Å². The summed E-state index contributed by atoms with van der Waals surface area (Å²) in [5.41, 5.74) is 6.16. The first-order valence-corrected chi connectivity index (χ1v) is 12.0. The van der Waals surface area contributed by atoms with Gasteiger partial charge in [-0.2, -0.15) is 4.98 Å². The summed E-state index contributed by atoms with van der Waals surface area (Å²) < 4.78 is 0. The molecule has 2 saturated heterocycles. The summed E-state index contributed by atoms with van der Waals surface area (Å²) >= 11 is 0. The van der Waals surface area contributed by atoms with Crippen molar-refractivity contribution in [1.82, 2.24) is 25.3 Å². The van der Waals surface area contributed by atoms with Crippen LogP contribution in [0, 0.1) is 5.92 Å². The number of piperidine rings is 1. The highest BCUT2D eigenvalue weighted by Crippen LogP contribution is 2.38. The van der Waals surface area contributed by atoms with Crippen LogP contribution in [0.1, 0.15) is 36.1 Å². The number of anilines is 2. The molecule has 6 rings (SSSR count). The number of aromatic nitrogens is 4. The van der Waals surface area contributed by atoms with Gasteiger partial charge in [0.25, 0.3) is 0 Å². The second-order valence-electron chi connectivity index (χ2n) is 9.31. The Bertz CT molecular complexity index is 1060. The number of benzene rings is 1. The van der Waals surface area contributed by atoms with Crippen molar-refractivity contribution in [3.63, 3.8) is 0 Å². The minimum absolute atomic E-state index is 0.587. The maximum Gasteiger partial charge on any atom is 0.225 e. The molecule has 2 aromatic heterocycles. The molecule has 1 aromatic carbocycles. The van der Waals surface area contributed by atoms with Crippen LogP contribution in [0.2, 0.25) is 0 Å². The third-order valence-electron chi connectivity index (χ3n) is 7.25. The molecule has 7 heteroatoms. The maximum absolute atomic E-state index is 5.11. The molecule has 2 unspecified atom stereocenters. The van der Waals surface area contributed by atoms with Gasteiger partial charge in [-0.15, -0.1) is 0 Å². The monoisotopic (exact) mass is 429 g/mol. The zero-order valence-corrected chi connectivity index (χ0v) is 18.5. The van der Waals surface area contributed by atoms with Crippen molar-refractivity contribution in [2.45, 2.75) is 44.6 Å². The Kier molecular flexibility index (Phi) is 5.27. The molecule has 0 spiro atoms. The van der Waals surface area contributed by atoms with Crippen LogP contribution in [0.25, 0.3) is 11.3 Å².